The lowest BCUT2D eigenvalue weighted by Gasteiger charge is -2.18. The first-order valence-electron chi connectivity index (χ1n) is 7.72. The molecule has 1 aromatic heterocycles. The Morgan fingerprint density at radius 1 is 1.27 bits per heavy atom. The van der Waals surface area contributed by atoms with Crippen LogP contribution in [0.5, 0.6) is 0 Å². The summed E-state index contributed by atoms with van der Waals surface area (Å²) >= 11 is 0. The summed E-state index contributed by atoms with van der Waals surface area (Å²) in [4.78, 5) is 11.5. The van der Waals surface area contributed by atoms with E-state index in [1.54, 1.807) is 7.11 Å². The van der Waals surface area contributed by atoms with Gasteiger partial charge in [-0.15, -0.1) is 0 Å². The van der Waals surface area contributed by atoms with Gasteiger partial charge in [-0.3, -0.25) is 0 Å². The van der Waals surface area contributed by atoms with E-state index in [1.165, 1.54) is 11.3 Å². The molecule has 116 valence electrons. The molecule has 0 aliphatic carbocycles. The van der Waals surface area contributed by atoms with E-state index in [-0.39, 0.29) is 0 Å². The summed E-state index contributed by atoms with van der Waals surface area (Å²) in [5, 5.41) is 3.35. The fraction of sp³-hybridized carbons (Fsp3) is 0.412. The van der Waals surface area contributed by atoms with Gasteiger partial charge in [-0.25, -0.2) is 4.98 Å². The lowest BCUT2D eigenvalue weighted by Crippen LogP contribution is -2.18. The number of hydrogen-bond donors (Lipinski definition) is 1. The van der Waals surface area contributed by atoms with Crippen LogP contribution in [0.15, 0.2) is 30.3 Å². The molecule has 22 heavy (non-hydrogen) atoms. The molecule has 1 N–H and O–H groups in total. The molecular weight excluding hydrogens is 276 g/mol. The van der Waals surface area contributed by atoms with Crippen molar-refractivity contribution in [1.82, 2.24) is 9.97 Å². The van der Waals surface area contributed by atoms with E-state index in [2.05, 4.69) is 44.5 Å². The van der Waals surface area contributed by atoms with E-state index >= 15 is 0 Å². The second kappa shape index (κ2) is 6.75. The van der Waals surface area contributed by atoms with Crippen LogP contribution in [-0.4, -0.2) is 36.8 Å². The highest BCUT2D eigenvalue weighted by Gasteiger charge is 2.22. The number of fused-ring (bicyclic) bond motifs is 1. The van der Waals surface area contributed by atoms with Gasteiger partial charge < -0.3 is 15.0 Å². The van der Waals surface area contributed by atoms with E-state index in [4.69, 9.17) is 4.74 Å². The summed E-state index contributed by atoms with van der Waals surface area (Å²) in [7, 11) is 1.72. The highest BCUT2D eigenvalue weighted by Crippen LogP contribution is 2.32. The summed E-state index contributed by atoms with van der Waals surface area (Å²) in [5.41, 5.74) is 3.56. The molecule has 0 fully saturated rings. The number of anilines is 3. The minimum atomic E-state index is 0.753. The molecule has 0 saturated heterocycles. The number of rotatable bonds is 6. The summed E-state index contributed by atoms with van der Waals surface area (Å²) < 4.78 is 5.07. The summed E-state index contributed by atoms with van der Waals surface area (Å²) in [6, 6.07) is 10.5. The highest BCUT2D eigenvalue weighted by molar-refractivity contribution is 5.66. The van der Waals surface area contributed by atoms with Crippen molar-refractivity contribution in [2.45, 2.75) is 19.8 Å². The summed E-state index contributed by atoms with van der Waals surface area (Å²) in [6.07, 6.45) is 2.01. The van der Waals surface area contributed by atoms with Gasteiger partial charge >= 0.3 is 0 Å². The van der Waals surface area contributed by atoms with Gasteiger partial charge in [-0.05, 0) is 31.4 Å². The normalized spacial score (nSPS) is 13.3. The number of ether oxygens (including phenoxy) is 1. The van der Waals surface area contributed by atoms with Crippen LogP contribution in [0.2, 0.25) is 0 Å². The van der Waals surface area contributed by atoms with Gasteiger partial charge in [-0.1, -0.05) is 18.2 Å². The first-order valence-corrected chi connectivity index (χ1v) is 7.72. The first-order chi connectivity index (χ1) is 10.8. The second-order valence-corrected chi connectivity index (χ2v) is 5.50. The smallest absolute Gasteiger partial charge is 0.232 e. The minimum Gasteiger partial charge on any atom is -0.385 e. The number of methoxy groups -OCH3 is 1. The van der Waals surface area contributed by atoms with Crippen LogP contribution < -0.4 is 10.2 Å². The lowest BCUT2D eigenvalue weighted by atomic mass is 10.2. The monoisotopic (exact) mass is 298 g/mol. The Morgan fingerprint density at radius 2 is 2.14 bits per heavy atom. The van der Waals surface area contributed by atoms with Crippen molar-refractivity contribution in [2.75, 3.05) is 37.0 Å². The second-order valence-electron chi connectivity index (χ2n) is 5.50. The molecular formula is C17H22N4O. The van der Waals surface area contributed by atoms with Crippen molar-refractivity contribution >= 4 is 17.5 Å². The zero-order valence-corrected chi connectivity index (χ0v) is 13.2. The van der Waals surface area contributed by atoms with Crippen molar-refractivity contribution in [3.05, 3.63) is 41.6 Å². The molecule has 5 nitrogen and oxygen atoms in total. The van der Waals surface area contributed by atoms with Crippen LogP contribution in [-0.2, 0) is 11.2 Å². The van der Waals surface area contributed by atoms with Crippen molar-refractivity contribution in [1.29, 1.82) is 0 Å². The molecule has 2 heterocycles. The van der Waals surface area contributed by atoms with Crippen molar-refractivity contribution in [3.63, 3.8) is 0 Å². The number of aromatic nitrogens is 2. The molecule has 0 radical (unpaired) electrons. The van der Waals surface area contributed by atoms with Gasteiger partial charge in [0.05, 0.1) is 0 Å². The van der Waals surface area contributed by atoms with Crippen LogP contribution in [0.4, 0.5) is 17.5 Å². The number of nitrogens with zero attached hydrogens (tertiary/aromatic N) is 3. The molecule has 0 atom stereocenters. The third-order valence-electron chi connectivity index (χ3n) is 3.80. The van der Waals surface area contributed by atoms with Gasteiger partial charge in [0, 0.05) is 44.3 Å². The molecule has 5 heteroatoms. The third kappa shape index (κ3) is 3.20. The molecule has 0 spiro atoms. The van der Waals surface area contributed by atoms with Crippen LogP contribution in [0, 0.1) is 6.92 Å². The minimum absolute atomic E-state index is 0.753. The maximum atomic E-state index is 5.07. The summed E-state index contributed by atoms with van der Waals surface area (Å²) in [5.74, 6) is 1.65. The standard InChI is InChI=1S/C17H22N4O/c1-13-12-16(18-9-5-11-22-2)20-17(19-13)21-10-8-14-6-3-4-7-15(14)21/h3-4,6-7,12H,5,8-11H2,1-2H3,(H,18,19,20). The Morgan fingerprint density at radius 3 is 3.00 bits per heavy atom. The van der Waals surface area contributed by atoms with Crippen LogP contribution in [0.1, 0.15) is 17.7 Å². The van der Waals surface area contributed by atoms with E-state index in [9.17, 15) is 0 Å². The van der Waals surface area contributed by atoms with Crippen molar-refractivity contribution < 1.29 is 4.74 Å². The molecule has 2 aromatic rings. The number of nitrogens with one attached hydrogen (secondary N) is 1. The Bertz CT molecular complexity index is 644. The molecule has 0 amide bonds. The Balaban J connectivity index is 1.78. The molecule has 1 aliphatic heterocycles. The van der Waals surface area contributed by atoms with Crippen LogP contribution >= 0.6 is 0 Å². The van der Waals surface area contributed by atoms with E-state index in [0.29, 0.717) is 0 Å². The SMILES string of the molecule is COCCCNc1cc(C)nc(N2CCc3ccccc32)n1. The van der Waals surface area contributed by atoms with Gasteiger partial charge in [0.25, 0.3) is 0 Å². The average Bonchev–Trinajstić information content (AvgIpc) is 2.95. The van der Waals surface area contributed by atoms with Crippen molar-refractivity contribution in [3.8, 4) is 0 Å². The largest absolute Gasteiger partial charge is 0.385 e. The predicted molar refractivity (Wildman–Crippen MR) is 88.9 cm³/mol. The Hall–Kier alpha value is -2.14. The van der Waals surface area contributed by atoms with Gasteiger partial charge in [0.1, 0.15) is 5.82 Å². The number of para-hydroxylation sites is 1. The third-order valence-corrected chi connectivity index (χ3v) is 3.80. The van der Waals surface area contributed by atoms with Gasteiger partial charge in [0.15, 0.2) is 0 Å². The van der Waals surface area contributed by atoms with Crippen molar-refractivity contribution in [2.24, 2.45) is 0 Å². The average molecular weight is 298 g/mol. The number of hydrogen-bond acceptors (Lipinski definition) is 5. The highest BCUT2D eigenvalue weighted by atomic mass is 16.5. The lowest BCUT2D eigenvalue weighted by molar-refractivity contribution is 0.198. The Labute approximate surface area is 131 Å². The molecule has 0 bridgehead atoms. The number of aryl methyl sites for hydroxylation is 1. The topological polar surface area (TPSA) is 50.3 Å². The van der Waals surface area contributed by atoms with Crippen LogP contribution in [0.25, 0.3) is 0 Å². The first kappa shape index (κ1) is 14.8. The molecule has 1 aliphatic rings. The predicted octanol–water partition coefficient (Wildman–Crippen LogP) is 2.93. The van der Waals surface area contributed by atoms with E-state index in [0.717, 1.165) is 50.0 Å². The zero-order valence-electron chi connectivity index (χ0n) is 13.2. The molecule has 3 rings (SSSR count). The quantitative estimate of drug-likeness (QED) is 0.831. The number of benzene rings is 1. The maximum absolute atomic E-state index is 5.07. The van der Waals surface area contributed by atoms with Gasteiger partial charge in [-0.2, -0.15) is 4.98 Å². The molecule has 1 aromatic carbocycles. The molecule has 0 unspecified atom stereocenters. The van der Waals surface area contributed by atoms with E-state index in [1.807, 2.05) is 13.0 Å². The maximum Gasteiger partial charge on any atom is 0.232 e. The summed E-state index contributed by atoms with van der Waals surface area (Å²) in [6.45, 7) is 4.54. The van der Waals surface area contributed by atoms with Gasteiger partial charge in [0.2, 0.25) is 5.95 Å². The molecule has 0 saturated carbocycles. The Kier molecular flexibility index (Phi) is 4.53. The van der Waals surface area contributed by atoms with Crippen LogP contribution in [0.3, 0.4) is 0 Å². The zero-order chi connectivity index (χ0) is 15.4. The fourth-order valence-electron chi connectivity index (χ4n) is 2.74. The fourth-order valence-corrected chi connectivity index (χ4v) is 2.74. The van der Waals surface area contributed by atoms with E-state index < -0.39 is 0 Å².